The number of hydrogen-bond donors (Lipinski definition) is 0. The Morgan fingerprint density at radius 3 is 2.42 bits per heavy atom. The van der Waals surface area contributed by atoms with E-state index in [1.54, 1.807) is 47.4 Å². The molecule has 0 saturated carbocycles. The van der Waals surface area contributed by atoms with Crippen molar-refractivity contribution in [3.63, 3.8) is 0 Å². The summed E-state index contributed by atoms with van der Waals surface area (Å²) in [7, 11) is 1.27. The van der Waals surface area contributed by atoms with Crippen LogP contribution in [0.2, 0.25) is 0 Å². The molecule has 3 aromatic rings. The standard InChI is InChI=1S/C25H19NO5/c1-30-23(28)21-17-11-5-6-12-18(17)22(27)31-25(21)19-13-7-8-14-20(19)26(24(25)29)15-16-9-3-2-4-10-16/h2-14,21H,15H2,1H3/t21-,25-/m1/s1. The first-order chi connectivity index (χ1) is 15.1. The molecule has 0 bridgehead atoms. The second kappa shape index (κ2) is 7.09. The van der Waals surface area contributed by atoms with Crippen molar-refractivity contribution in [3.8, 4) is 0 Å². The van der Waals surface area contributed by atoms with E-state index in [4.69, 9.17) is 9.47 Å². The molecule has 2 heterocycles. The van der Waals surface area contributed by atoms with Gasteiger partial charge in [-0.3, -0.25) is 9.59 Å². The molecule has 6 heteroatoms. The average molecular weight is 413 g/mol. The third-order valence-corrected chi connectivity index (χ3v) is 5.93. The van der Waals surface area contributed by atoms with Crippen LogP contribution in [0.25, 0.3) is 0 Å². The normalized spacial score (nSPS) is 21.5. The van der Waals surface area contributed by atoms with Gasteiger partial charge in [-0.2, -0.15) is 0 Å². The molecule has 3 aromatic carbocycles. The molecule has 154 valence electrons. The Morgan fingerprint density at radius 1 is 0.968 bits per heavy atom. The van der Waals surface area contributed by atoms with E-state index in [1.165, 1.54) is 7.11 Å². The van der Waals surface area contributed by atoms with Gasteiger partial charge in [0.15, 0.2) is 0 Å². The van der Waals surface area contributed by atoms with E-state index in [1.807, 2.05) is 36.4 Å². The molecule has 1 spiro atoms. The molecule has 1 amide bonds. The van der Waals surface area contributed by atoms with Gasteiger partial charge >= 0.3 is 11.9 Å². The second-order valence-corrected chi connectivity index (χ2v) is 7.56. The van der Waals surface area contributed by atoms with Crippen molar-refractivity contribution in [1.29, 1.82) is 0 Å². The van der Waals surface area contributed by atoms with Crippen LogP contribution < -0.4 is 4.90 Å². The Balaban J connectivity index is 1.73. The summed E-state index contributed by atoms with van der Waals surface area (Å²) in [5.74, 6) is -2.85. The van der Waals surface area contributed by atoms with Gasteiger partial charge in [0.05, 0.1) is 24.9 Å². The lowest BCUT2D eigenvalue weighted by Crippen LogP contribution is -2.53. The predicted octanol–water partition coefficient (Wildman–Crippen LogP) is 3.56. The van der Waals surface area contributed by atoms with Gasteiger partial charge < -0.3 is 14.4 Å². The van der Waals surface area contributed by atoms with Gasteiger partial charge in [0.25, 0.3) is 5.91 Å². The molecule has 5 rings (SSSR count). The van der Waals surface area contributed by atoms with Crippen LogP contribution in [0.3, 0.4) is 0 Å². The van der Waals surface area contributed by atoms with Crippen molar-refractivity contribution < 1.29 is 23.9 Å². The maximum atomic E-state index is 14.0. The Bertz CT molecular complexity index is 1210. The zero-order valence-corrected chi connectivity index (χ0v) is 16.8. The first kappa shape index (κ1) is 19.1. The average Bonchev–Trinajstić information content (AvgIpc) is 3.03. The molecule has 0 saturated heterocycles. The summed E-state index contributed by atoms with van der Waals surface area (Å²) in [5.41, 5.74) is 0.876. The number of amides is 1. The number of anilines is 1. The highest BCUT2D eigenvalue weighted by Crippen LogP contribution is 2.54. The van der Waals surface area contributed by atoms with Gasteiger partial charge in [-0.05, 0) is 23.3 Å². The largest absolute Gasteiger partial charge is 0.468 e. The Morgan fingerprint density at radius 2 is 1.65 bits per heavy atom. The smallest absolute Gasteiger partial charge is 0.339 e. The number of fused-ring (bicyclic) bond motifs is 3. The number of para-hydroxylation sites is 1. The van der Waals surface area contributed by atoms with E-state index in [0.717, 1.165) is 5.56 Å². The zero-order chi connectivity index (χ0) is 21.6. The van der Waals surface area contributed by atoms with Crippen molar-refractivity contribution >= 4 is 23.5 Å². The van der Waals surface area contributed by atoms with Gasteiger partial charge in [-0.1, -0.05) is 66.7 Å². The lowest BCUT2D eigenvalue weighted by Gasteiger charge is -2.38. The van der Waals surface area contributed by atoms with E-state index in [2.05, 4.69) is 0 Å². The fourth-order valence-corrected chi connectivity index (χ4v) is 4.57. The lowest BCUT2D eigenvalue weighted by atomic mass is 9.74. The summed E-state index contributed by atoms with van der Waals surface area (Å²) in [6.45, 7) is 0.283. The molecule has 2 aliphatic heterocycles. The quantitative estimate of drug-likeness (QED) is 0.614. The fourth-order valence-electron chi connectivity index (χ4n) is 4.57. The molecule has 31 heavy (non-hydrogen) atoms. The Kier molecular flexibility index (Phi) is 4.36. The summed E-state index contributed by atoms with van der Waals surface area (Å²) in [6, 6.07) is 23.3. The van der Waals surface area contributed by atoms with Crippen LogP contribution in [0.1, 0.15) is 33.0 Å². The maximum absolute atomic E-state index is 14.0. The summed E-state index contributed by atoms with van der Waals surface area (Å²) < 4.78 is 11.0. The second-order valence-electron chi connectivity index (χ2n) is 7.56. The van der Waals surface area contributed by atoms with Gasteiger partial charge in [-0.25, -0.2) is 4.79 Å². The van der Waals surface area contributed by atoms with Crippen molar-refractivity contribution in [2.45, 2.75) is 18.1 Å². The number of esters is 2. The van der Waals surface area contributed by atoms with Gasteiger partial charge in [0, 0.05) is 5.56 Å². The maximum Gasteiger partial charge on any atom is 0.339 e. The SMILES string of the molecule is COC(=O)[C@H]1c2ccccc2C(=O)O[C@@]12C(=O)N(Cc1ccccc1)c1ccccc12. The highest BCUT2D eigenvalue weighted by Gasteiger charge is 2.64. The predicted molar refractivity (Wildman–Crippen MR) is 112 cm³/mol. The van der Waals surface area contributed by atoms with Gasteiger partial charge in [0.1, 0.15) is 5.92 Å². The van der Waals surface area contributed by atoms with Crippen molar-refractivity contribution in [2.75, 3.05) is 12.0 Å². The molecule has 2 atom stereocenters. The van der Waals surface area contributed by atoms with Crippen LogP contribution >= 0.6 is 0 Å². The number of hydrogen-bond acceptors (Lipinski definition) is 5. The highest BCUT2D eigenvalue weighted by molar-refractivity contribution is 6.13. The van der Waals surface area contributed by atoms with Crippen molar-refractivity contribution in [1.82, 2.24) is 0 Å². The van der Waals surface area contributed by atoms with Crippen LogP contribution in [0.5, 0.6) is 0 Å². The van der Waals surface area contributed by atoms with Crippen molar-refractivity contribution in [3.05, 3.63) is 101 Å². The number of rotatable bonds is 3. The van der Waals surface area contributed by atoms with E-state index in [0.29, 0.717) is 16.8 Å². The van der Waals surface area contributed by atoms with E-state index >= 15 is 0 Å². The molecule has 0 fully saturated rings. The van der Waals surface area contributed by atoms with Crippen molar-refractivity contribution in [2.24, 2.45) is 0 Å². The first-order valence-electron chi connectivity index (χ1n) is 9.93. The third-order valence-electron chi connectivity index (χ3n) is 5.93. The third kappa shape index (κ3) is 2.68. The number of carbonyl (C=O) groups excluding carboxylic acids is 3. The van der Waals surface area contributed by atoms with Crippen LogP contribution in [0.15, 0.2) is 78.9 Å². The minimum absolute atomic E-state index is 0.260. The highest BCUT2D eigenvalue weighted by atomic mass is 16.6. The lowest BCUT2D eigenvalue weighted by molar-refractivity contribution is -0.159. The minimum Gasteiger partial charge on any atom is -0.468 e. The monoisotopic (exact) mass is 413 g/mol. The number of methoxy groups -OCH3 is 1. The topological polar surface area (TPSA) is 72.9 Å². The molecule has 0 aromatic heterocycles. The molecule has 2 aliphatic rings. The van der Waals surface area contributed by atoms with Crippen LogP contribution in [-0.4, -0.2) is 25.0 Å². The molecule has 0 radical (unpaired) electrons. The summed E-state index contributed by atoms with van der Waals surface area (Å²) in [6.07, 6.45) is 0. The first-order valence-corrected chi connectivity index (χ1v) is 9.93. The van der Waals surface area contributed by atoms with Crippen LogP contribution in [-0.2, 0) is 31.2 Å². The van der Waals surface area contributed by atoms with Crippen LogP contribution in [0.4, 0.5) is 5.69 Å². The molecule has 0 unspecified atom stereocenters. The van der Waals surface area contributed by atoms with Gasteiger partial charge in [0.2, 0.25) is 5.60 Å². The summed E-state index contributed by atoms with van der Waals surface area (Å²) in [5, 5.41) is 0. The molecule has 0 aliphatic carbocycles. The minimum atomic E-state index is -1.82. The zero-order valence-electron chi connectivity index (χ0n) is 16.8. The molecule has 0 N–H and O–H groups in total. The van der Waals surface area contributed by atoms with E-state index < -0.39 is 29.4 Å². The number of carbonyl (C=O) groups is 3. The summed E-state index contributed by atoms with van der Waals surface area (Å²) in [4.78, 5) is 41.6. The van der Waals surface area contributed by atoms with E-state index in [-0.39, 0.29) is 12.1 Å². The Hall–Kier alpha value is -3.93. The summed E-state index contributed by atoms with van der Waals surface area (Å²) >= 11 is 0. The fraction of sp³-hybridized carbons (Fsp3) is 0.160. The van der Waals surface area contributed by atoms with Crippen LogP contribution in [0, 0.1) is 0 Å². The van der Waals surface area contributed by atoms with E-state index in [9.17, 15) is 14.4 Å². The molecule has 6 nitrogen and oxygen atoms in total. The Labute approximate surface area is 179 Å². The number of ether oxygens (including phenoxy) is 2. The molecular weight excluding hydrogens is 394 g/mol. The van der Waals surface area contributed by atoms with Gasteiger partial charge in [-0.15, -0.1) is 0 Å². The number of benzene rings is 3. The number of nitrogens with zero attached hydrogens (tertiary/aromatic N) is 1. The molecular formula is C25H19NO5.